The van der Waals surface area contributed by atoms with Crippen LogP contribution in [-0.4, -0.2) is 52.6 Å². The van der Waals surface area contributed by atoms with Crippen LogP contribution in [0.15, 0.2) is 42.6 Å². The maximum absolute atomic E-state index is 12.7. The molecule has 1 saturated heterocycles. The molecule has 1 aliphatic rings. The number of methoxy groups -OCH3 is 1. The first-order valence-electron chi connectivity index (χ1n) is 9.02. The number of piperidine rings is 1. The summed E-state index contributed by atoms with van der Waals surface area (Å²) in [5, 5.41) is 7.19. The lowest BCUT2D eigenvalue weighted by atomic mass is 10.1. The summed E-state index contributed by atoms with van der Waals surface area (Å²) < 4.78 is 7.10. The fraction of sp³-hybridized carbons (Fsp3) is 0.368. The van der Waals surface area contributed by atoms with Crippen LogP contribution in [0.2, 0.25) is 0 Å². The van der Waals surface area contributed by atoms with Crippen LogP contribution in [0.5, 0.6) is 0 Å². The van der Waals surface area contributed by atoms with Gasteiger partial charge in [0.05, 0.1) is 12.2 Å². The summed E-state index contributed by atoms with van der Waals surface area (Å²) >= 11 is 0. The van der Waals surface area contributed by atoms with Gasteiger partial charge in [0, 0.05) is 26.3 Å². The molecule has 148 valence electrons. The number of nitrogens with one attached hydrogen (secondary N) is 1. The van der Waals surface area contributed by atoms with Crippen molar-refractivity contribution >= 4 is 23.5 Å². The van der Waals surface area contributed by atoms with Crippen molar-refractivity contribution in [3.05, 3.63) is 48.2 Å². The predicted octanol–water partition coefficient (Wildman–Crippen LogP) is 0.858. The zero-order valence-electron chi connectivity index (χ0n) is 15.6. The number of nitrogens with zero attached hydrogens (tertiary/aromatic N) is 3. The molecule has 9 heteroatoms. The van der Waals surface area contributed by atoms with Crippen molar-refractivity contribution in [1.82, 2.24) is 14.7 Å². The zero-order valence-corrected chi connectivity index (χ0v) is 15.6. The second kappa shape index (κ2) is 8.66. The van der Waals surface area contributed by atoms with Crippen molar-refractivity contribution < 1.29 is 19.1 Å². The number of nitrogens with two attached hydrogens (primary N) is 1. The Labute approximate surface area is 162 Å². The van der Waals surface area contributed by atoms with E-state index in [9.17, 15) is 14.4 Å². The Balaban J connectivity index is 1.67. The molecule has 3 amide bonds. The molecule has 2 aromatic rings. The number of rotatable bonds is 5. The van der Waals surface area contributed by atoms with Crippen LogP contribution < -0.4 is 11.1 Å². The molecule has 1 fully saturated rings. The number of ether oxygens (including phenoxy) is 1. The van der Waals surface area contributed by atoms with Gasteiger partial charge in [-0.3, -0.25) is 14.4 Å². The van der Waals surface area contributed by atoms with Gasteiger partial charge < -0.3 is 20.7 Å². The summed E-state index contributed by atoms with van der Waals surface area (Å²) in [6.07, 6.45) is 2.09. The van der Waals surface area contributed by atoms with E-state index < -0.39 is 17.9 Å². The zero-order chi connectivity index (χ0) is 20.1. The van der Waals surface area contributed by atoms with Crippen LogP contribution in [0.1, 0.15) is 30.6 Å². The molecule has 0 aliphatic carbocycles. The van der Waals surface area contributed by atoms with Crippen LogP contribution in [0.3, 0.4) is 0 Å². The molecule has 1 aromatic heterocycles. The summed E-state index contributed by atoms with van der Waals surface area (Å²) in [4.78, 5) is 36.9. The largest absolute Gasteiger partial charge is 0.367 e. The molecule has 0 unspecified atom stereocenters. The molecule has 0 spiro atoms. The Morgan fingerprint density at radius 2 is 1.86 bits per heavy atom. The first-order chi connectivity index (χ1) is 13.5. The Hall–Kier alpha value is -3.20. The van der Waals surface area contributed by atoms with E-state index in [1.165, 1.54) is 12.0 Å². The van der Waals surface area contributed by atoms with E-state index in [1.807, 2.05) is 30.3 Å². The highest BCUT2D eigenvalue weighted by Gasteiger charge is 2.28. The molecule has 3 N–H and O–H groups in total. The minimum absolute atomic E-state index is 0.0000493. The molecule has 1 atom stereocenters. The van der Waals surface area contributed by atoms with Crippen molar-refractivity contribution in [3.63, 3.8) is 0 Å². The van der Waals surface area contributed by atoms with Gasteiger partial charge in [-0.15, -0.1) is 0 Å². The van der Waals surface area contributed by atoms with Crippen LogP contribution in [0.25, 0.3) is 0 Å². The van der Waals surface area contributed by atoms with Gasteiger partial charge in [-0.2, -0.15) is 5.10 Å². The van der Waals surface area contributed by atoms with Crippen LogP contribution in [0.4, 0.5) is 5.82 Å². The van der Waals surface area contributed by atoms with Gasteiger partial charge >= 0.3 is 11.8 Å². The maximum atomic E-state index is 12.7. The van der Waals surface area contributed by atoms with E-state index in [4.69, 9.17) is 10.5 Å². The van der Waals surface area contributed by atoms with Gasteiger partial charge in [0.1, 0.15) is 5.82 Å². The smallest absolute Gasteiger partial charge is 0.311 e. The van der Waals surface area contributed by atoms with E-state index in [0.29, 0.717) is 31.7 Å². The highest BCUT2D eigenvalue weighted by Crippen LogP contribution is 2.26. The molecular weight excluding hydrogens is 362 g/mol. The molecule has 0 saturated carbocycles. The van der Waals surface area contributed by atoms with E-state index in [2.05, 4.69) is 10.4 Å². The third-order valence-corrected chi connectivity index (χ3v) is 4.81. The molecular formula is C19H23N5O4. The number of anilines is 1. The Morgan fingerprint density at radius 1 is 1.18 bits per heavy atom. The Kier molecular flexibility index (Phi) is 6.05. The number of carbonyl (C=O) groups excluding carboxylic acids is 3. The lowest BCUT2D eigenvalue weighted by Gasteiger charge is -2.32. The van der Waals surface area contributed by atoms with Gasteiger partial charge in [-0.25, -0.2) is 4.68 Å². The quantitative estimate of drug-likeness (QED) is 0.740. The lowest BCUT2D eigenvalue weighted by molar-refractivity contribution is -0.145. The van der Waals surface area contributed by atoms with Gasteiger partial charge in [-0.1, -0.05) is 30.3 Å². The maximum Gasteiger partial charge on any atom is 0.311 e. The van der Waals surface area contributed by atoms with E-state index in [0.717, 1.165) is 5.56 Å². The molecule has 2 heterocycles. The average Bonchev–Trinajstić information content (AvgIpc) is 3.17. The number of amides is 3. The van der Waals surface area contributed by atoms with E-state index >= 15 is 0 Å². The lowest BCUT2D eigenvalue weighted by Crippen LogP contribution is -2.45. The van der Waals surface area contributed by atoms with E-state index in [-0.39, 0.29) is 11.9 Å². The minimum atomic E-state index is -0.947. The number of hydrogen-bond acceptors (Lipinski definition) is 5. The standard InChI is InChI=1S/C19H23N5O4/c1-28-16(13-5-3-2-4-6-13)18(26)22-15-7-10-21-24(15)14-8-11-23(12-9-14)19(27)17(20)25/h2-7,10,14,16H,8-9,11-12H2,1H3,(H2,20,25)(H,22,26)/t16-/m1/s1. The van der Waals surface area contributed by atoms with Crippen LogP contribution in [0, 0.1) is 0 Å². The Morgan fingerprint density at radius 3 is 2.46 bits per heavy atom. The Bertz CT molecular complexity index is 843. The number of likely N-dealkylation sites (tertiary alicyclic amines) is 1. The SMILES string of the molecule is CO[C@@H](C(=O)Nc1ccnn1C1CCN(C(=O)C(N)=O)CC1)c1ccccc1. The van der Waals surface area contributed by atoms with Gasteiger partial charge in [0.2, 0.25) is 0 Å². The molecule has 0 bridgehead atoms. The van der Waals surface area contributed by atoms with Crippen LogP contribution >= 0.6 is 0 Å². The highest BCUT2D eigenvalue weighted by atomic mass is 16.5. The van der Waals surface area contributed by atoms with Crippen molar-refractivity contribution in [1.29, 1.82) is 0 Å². The third-order valence-electron chi connectivity index (χ3n) is 4.81. The molecule has 0 radical (unpaired) electrons. The van der Waals surface area contributed by atoms with Crippen molar-refractivity contribution in [2.75, 3.05) is 25.5 Å². The first-order valence-corrected chi connectivity index (χ1v) is 9.02. The number of aromatic nitrogens is 2. The van der Waals surface area contributed by atoms with Crippen molar-refractivity contribution in [2.45, 2.75) is 25.0 Å². The topological polar surface area (TPSA) is 120 Å². The second-order valence-electron chi connectivity index (χ2n) is 6.56. The number of hydrogen-bond donors (Lipinski definition) is 2. The summed E-state index contributed by atoms with van der Waals surface area (Å²) in [5.74, 6) is -1.35. The minimum Gasteiger partial charge on any atom is -0.367 e. The van der Waals surface area contributed by atoms with Gasteiger partial charge in [0.15, 0.2) is 6.10 Å². The van der Waals surface area contributed by atoms with E-state index in [1.54, 1.807) is 16.9 Å². The predicted molar refractivity (Wildman–Crippen MR) is 101 cm³/mol. The molecule has 9 nitrogen and oxygen atoms in total. The fourth-order valence-electron chi connectivity index (χ4n) is 3.39. The summed E-state index contributed by atoms with van der Waals surface area (Å²) in [5.41, 5.74) is 5.81. The highest BCUT2D eigenvalue weighted by molar-refractivity contribution is 6.34. The van der Waals surface area contributed by atoms with Crippen molar-refractivity contribution in [3.8, 4) is 0 Å². The number of primary amides is 1. The molecule has 1 aromatic carbocycles. The van der Waals surface area contributed by atoms with Gasteiger partial charge in [0.25, 0.3) is 5.91 Å². The monoisotopic (exact) mass is 385 g/mol. The second-order valence-corrected chi connectivity index (χ2v) is 6.56. The summed E-state index contributed by atoms with van der Waals surface area (Å²) in [7, 11) is 1.49. The van der Waals surface area contributed by atoms with Crippen LogP contribution in [-0.2, 0) is 19.1 Å². The molecule has 28 heavy (non-hydrogen) atoms. The number of benzene rings is 1. The summed E-state index contributed by atoms with van der Waals surface area (Å²) in [6, 6.07) is 10.9. The third kappa shape index (κ3) is 4.20. The molecule has 3 rings (SSSR count). The number of carbonyl (C=O) groups is 3. The normalized spacial score (nSPS) is 15.8. The first kappa shape index (κ1) is 19.6. The fourth-order valence-corrected chi connectivity index (χ4v) is 3.39. The molecule has 1 aliphatic heterocycles. The van der Waals surface area contributed by atoms with Gasteiger partial charge in [-0.05, 0) is 18.4 Å². The average molecular weight is 385 g/mol. The van der Waals surface area contributed by atoms with Crippen molar-refractivity contribution in [2.24, 2.45) is 5.73 Å². The summed E-state index contributed by atoms with van der Waals surface area (Å²) in [6.45, 7) is 0.814.